The summed E-state index contributed by atoms with van der Waals surface area (Å²) in [4.78, 5) is 14.2. The lowest BCUT2D eigenvalue weighted by Crippen LogP contribution is -2.50. The highest BCUT2D eigenvalue weighted by Gasteiger charge is 2.60. The van der Waals surface area contributed by atoms with Gasteiger partial charge in [-0.2, -0.15) is 0 Å². The van der Waals surface area contributed by atoms with Crippen LogP contribution in [0, 0.1) is 34.0 Å². The van der Waals surface area contributed by atoms with Gasteiger partial charge in [-0.3, -0.25) is 4.79 Å². The summed E-state index contributed by atoms with van der Waals surface area (Å²) in [5, 5.41) is 3.24. The zero-order chi connectivity index (χ0) is 22.8. The van der Waals surface area contributed by atoms with Gasteiger partial charge < -0.3 is 10.2 Å². The van der Waals surface area contributed by atoms with Crippen LogP contribution in [0.3, 0.4) is 0 Å². The summed E-state index contributed by atoms with van der Waals surface area (Å²) < 4.78 is 0. The average molecular weight is 427 g/mol. The van der Waals surface area contributed by atoms with E-state index in [1.54, 1.807) is 18.1 Å². The molecule has 7 atom stereocenters. The fourth-order valence-corrected chi connectivity index (χ4v) is 8.91. The van der Waals surface area contributed by atoms with E-state index in [-0.39, 0.29) is 17.4 Å². The molecular formula is C28H46N2O. The van der Waals surface area contributed by atoms with Crippen molar-refractivity contribution in [3.8, 4) is 0 Å². The van der Waals surface area contributed by atoms with Crippen LogP contribution in [-0.4, -0.2) is 37.0 Å². The molecule has 2 saturated carbocycles. The number of hydrogen-bond acceptors (Lipinski definition) is 2. The number of nitrogens with one attached hydrogen (secondary N) is 1. The zero-order valence-corrected chi connectivity index (χ0v) is 21.3. The quantitative estimate of drug-likeness (QED) is 0.603. The minimum Gasteiger partial charge on any atom is -0.354 e. The molecule has 0 aliphatic heterocycles. The zero-order valence-electron chi connectivity index (χ0n) is 21.3. The number of allylic oxidation sites excluding steroid dienone is 4. The number of hydrogen-bond donors (Lipinski definition) is 1. The van der Waals surface area contributed by atoms with Crippen molar-refractivity contribution in [1.82, 2.24) is 10.2 Å². The number of fused-ring (bicyclic) bond motifs is 4. The van der Waals surface area contributed by atoms with Crippen molar-refractivity contribution < 1.29 is 4.79 Å². The number of amides is 1. The normalized spacial score (nSPS) is 42.5. The van der Waals surface area contributed by atoms with Gasteiger partial charge >= 0.3 is 0 Å². The Morgan fingerprint density at radius 3 is 2.39 bits per heavy atom. The van der Waals surface area contributed by atoms with Crippen LogP contribution in [0.5, 0.6) is 0 Å². The molecule has 0 bridgehead atoms. The summed E-state index contributed by atoms with van der Waals surface area (Å²) in [5.41, 5.74) is 4.28. The van der Waals surface area contributed by atoms with E-state index in [0.717, 1.165) is 6.42 Å². The first-order chi connectivity index (χ1) is 14.4. The van der Waals surface area contributed by atoms with Gasteiger partial charge in [0.15, 0.2) is 0 Å². The van der Waals surface area contributed by atoms with Crippen LogP contribution in [0.2, 0.25) is 0 Å². The van der Waals surface area contributed by atoms with Crippen molar-refractivity contribution in [2.45, 2.75) is 98.6 Å². The van der Waals surface area contributed by atoms with Crippen molar-refractivity contribution in [1.29, 1.82) is 0 Å². The smallest absolute Gasteiger partial charge is 0.217 e. The van der Waals surface area contributed by atoms with Gasteiger partial charge in [0.25, 0.3) is 0 Å². The highest BCUT2D eigenvalue weighted by molar-refractivity contribution is 5.73. The van der Waals surface area contributed by atoms with Crippen LogP contribution in [0.15, 0.2) is 23.3 Å². The highest BCUT2D eigenvalue weighted by Crippen LogP contribution is 2.68. The Hall–Kier alpha value is -1.09. The fraction of sp³-hybridized carbons (Fsp3) is 0.821. The molecule has 4 rings (SSSR count). The lowest BCUT2D eigenvalue weighted by molar-refractivity contribution is -0.120. The first-order valence-electron chi connectivity index (χ1n) is 12.8. The summed E-state index contributed by atoms with van der Waals surface area (Å²) in [6, 6.07) is 0.921. The topological polar surface area (TPSA) is 32.3 Å². The summed E-state index contributed by atoms with van der Waals surface area (Å²) in [7, 11) is 4.53. The van der Waals surface area contributed by atoms with E-state index in [2.05, 4.69) is 71.1 Å². The Kier molecular flexibility index (Phi) is 5.77. The van der Waals surface area contributed by atoms with Crippen LogP contribution >= 0.6 is 0 Å². The number of carbonyl (C=O) groups excluding carboxylic acids is 1. The van der Waals surface area contributed by atoms with E-state index in [9.17, 15) is 4.79 Å². The molecule has 0 unspecified atom stereocenters. The van der Waals surface area contributed by atoms with Crippen molar-refractivity contribution >= 4 is 5.91 Å². The third-order valence-corrected chi connectivity index (χ3v) is 10.7. The third kappa shape index (κ3) is 3.45. The Bertz CT molecular complexity index is 793. The van der Waals surface area contributed by atoms with Crippen LogP contribution in [0.25, 0.3) is 0 Å². The standard InChI is InChI=1S/C28H46N2O/c1-18(29-19(2)31)22-14-16-28(6)24-11-10-23-20(17-21(24)13-15-27(22,28)5)9-12-25(30(7)8)26(23,3)4/h13,17-18,22-25H,9-12,14-16H2,1-8H3,(H,29,31)/t18-,22+,23+,24+,25-,27+,28-/m0/s1. The minimum atomic E-state index is 0.109. The van der Waals surface area contributed by atoms with Gasteiger partial charge in [0, 0.05) is 19.0 Å². The van der Waals surface area contributed by atoms with Crippen LogP contribution in [0.4, 0.5) is 0 Å². The maximum absolute atomic E-state index is 11.8. The number of carbonyl (C=O) groups is 1. The Morgan fingerprint density at radius 1 is 1.06 bits per heavy atom. The molecule has 1 N–H and O–H groups in total. The van der Waals surface area contributed by atoms with Gasteiger partial charge in [-0.15, -0.1) is 0 Å². The van der Waals surface area contributed by atoms with Crippen LogP contribution < -0.4 is 5.32 Å². The maximum Gasteiger partial charge on any atom is 0.217 e. The lowest BCUT2D eigenvalue weighted by atomic mass is 9.51. The summed E-state index contributed by atoms with van der Waals surface area (Å²) in [6.45, 7) is 14.1. The Balaban J connectivity index is 1.65. The van der Waals surface area contributed by atoms with Crippen LogP contribution in [0.1, 0.15) is 86.5 Å². The van der Waals surface area contributed by atoms with E-state index in [1.807, 2.05) is 0 Å². The molecular weight excluding hydrogens is 380 g/mol. The molecule has 174 valence electrons. The largest absolute Gasteiger partial charge is 0.354 e. The number of rotatable bonds is 3. The third-order valence-electron chi connectivity index (χ3n) is 10.7. The Morgan fingerprint density at radius 2 is 1.74 bits per heavy atom. The molecule has 0 aromatic heterocycles. The molecule has 0 saturated heterocycles. The number of nitrogens with zero attached hydrogens (tertiary/aromatic N) is 1. The van der Waals surface area contributed by atoms with E-state index in [0.29, 0.717) is 34.6 Å². The second-order valence-corrected chi connectivity index (χ2v) is 12.6. The lowest BCUT2D eigenvalue weighted by Gasteiger charge is -2.53. The molecule has 4 aliphatic rings. The van der Waals surface area contributed by atoms with Crippen molar-refractivity contribution in [3.05, 3.63) is 23.3 Å². The van der Waals surface area contributed by atoms with E-state index in [1.165, 1.54) is 38.5 Å². The SMILES string of the molecule is CC(=O)N[C@@H](C)[C@H]1CC[C@@]2(C)[C@@H]3CC[C@@H]4C(=CC3=CC[C@]12C)CC[C@H](N(C)C)C4(C)C. The second kappa shape index (κ2) is 7.75. The van der Waals surface area contributed by atoms with E-state index < -0.39 is 0 Å². The van der Waals surface area contributed by atoms with Crippen molar-refractivity contribution in [2.24, 2.45) is 34.0 Å². The predicted octanol–water partition coefficient (Wildman–Crippen LogP) is 5.97. The monoisotopic (exact) mass is 426 g/mol. The average Bonchev–Trinajstić information content (AvgIpc) is 2.81. The maximum atomic E-state index is 11.8. The van der Waals surface area contributed by atoms with Crippen molar-refractivity contribution in [3.63, 3.8) is 0 Å². The summed E-state index contributed by atoms with van der Waals surface area (Å²) in [6.07, 6.45) is 14.1. The molecule has 0 aromatic carbocycles. The molecule has 0 radical (unpaired) electrons. The first kappa shape index (κ1) is 23.1. The fourth-order valence-electron chi connectivity index (χ4n) is 8.91. The molecule has 4 aliphatic carbocycles. The van der Waals surface area contributed by atoms with Gasteiger partial charge in [-0.25, -0.2) is 0 Å². The highest BCUT2D eigenvalue weighted by atomic mass is 16.1. The van der Waals surface area contributed by atoms with E-state index >= 15 is 0 Å². The molecule has 0 spiro atoms. The molecule has 2 fully saturated rings. The molecule has 3 heteroatoms. The summed E-state index contributed by atoms with van der Waals surface area (Å²) >= 11 is 0. The second-order valence-electron chi connectivity index (χ2n) is 12.6. The molecule has 0 aromatic rings. The van der Waals surface area contributed by atoms with Gasteiger partial charge in [0.2, 0.25) is 5.91 Å². The minimum absolute atomic E-state index is 0.109. The van der Waals surface area contributed by atoms with Gasteiger partial charge in [-0.05, 0) is 106 Å². The van der Waals surface area contributed by atoms with Crippen molar-refractivity contribution in [2.75, 3.05) is 14.1 Å². The predicted molar refractivity (Wildman–Crippen MR) is 130 cm³/mol. The van der Waals surface area contributed by atoms with E-state index in [4.69, 9.17) is 0 Å². The Labute approximate surface area is 191 Å². The van der Waals surface area contributed by atoms with Gasteiger partial charge in [0.1, 0.15) is 0 Å². The van der Waals surface area contributed by atoms with Gasteiger partial charge in [-0.1, -0.05) is 45.4 Å². The summed E-state index contributed by atoms with van der Waals surface area (Å²) in [5.74, 6) is 2.03. The molecule has 1 amide bonds. The van der Waals surface area contributed by atoms with Crippen LogP contribution in [-0.2, 0) is 4.79 Å². The van der Waals surface area contributed by atoms with Gasteiger partial charge in [0.05, 0.1) is 0 Å². The molecule has 3 nitrogen and oxygen atoms in total. The molecule has 31 heavy (non-hydrogen) atoms. The first-order valence-corrected chi connectivity index (χ1v) is 12.8. The molecule has 0 heterocycles.